The summed E-state index contributed by atoms with van der Waals surface area (Å²) in [6.45, 7) is 0. The quantitative estimate of drug-likeness (QED) is 0.684. The van der Waals surface area contributed by atoms with E-state index in [0.717, 1.165) is 5.33 Å². The number of halogens is 1. The molecular weight excluding hydrogens is 202 g/mol. The molecule has 1 aromatic carbocycles. The number of hydrogen-bond acceptors (Lipinski definition) is 1. The first-order valence-electron chi connectivity index (χ1n) is 3.57. The lowest BCUT2D eigenvalue weighted by atomic mass is 10.2. The average Bonchev–Trinajstić information content (AvgIpc) is 2.04. The van der Waals surface area contributed by atoms with Crippen LogP contribution in [0.1, 0.15) is 5.56 Å². The third-order valence-electron chi connectivity index (χ3n) is 1.62. The number of benzene rings is 1. The number of rotatable bonds is 2. The highest BCUT2D eigenvalue weighted by Gasteiger charge is 1.99. The van der Waals surface area contributed by atoms with Gasteiger partial charge < -0.3 is 4.90 Å². The Labute approximate surface area is 76.2 Å². The number of hydrogen-bond donors (Lipinski definition) is 0. The lowest BCUT2D eigenvalue weighted by Crippen LogP contribution is -2.10. The second-order valence-corrected chi connectivity index (χ2v) is 3.22. The summed E-state index contributed by atoms with van der Waals surface area (Å²) in [4.78, 5) is 2.12. The number of para-hydroxylation sites is 1. The summed E-state index contributed by atoms with van der Waals surface area (Å²) >= 11 is 3.45. The van der Waals surface area contributed by atoms with E-state index in [4.69, 9.17) is 0 Å². The van der Waals surface area contributed by atoms with Crippen molar-refractivity contribution in [3.63, 3.8) is 0 Å². The van der Waals surface area contributed by atoms with Gasteiger partial charge >= 0.3 is 0 Å². The van der Waals surface area contributed by atoms with Gasteiger partial charge in [-0.1, -0.05) is 34.1 Å². The maximum absolute atomic E-state index is 3.45. The van der Waals surface area contributed by atoms with Crippen LogP contribution in [-0.2, 0) is 5.33 Å². The SMILES string of the molecule is CN(C)c1ccccc1CBr. The molecule has 1 nitrogen and oxygen atoms in total. The Balaban J connectivity index is 3.02. The van der Waals surface area contributed by atoms with Crippen LogP contribution in [0.25, 0.3) is 0 Å². The molecule has 0 radical (unpaired) electrons. The van der Waals surface area contributed by atoms with Crippen LogP contribution in [0.4, 0.5) is 5.69 Å². The highest BCUT2D eigenvalue weighted by atomic mass is 79.9. The van der Waals surface area contributed by atoms with Crippen molar-refractivity contribution < 1.29 is 0 Å². The molecule has 0 aliphatic carbocycles. The number of alkyl halides is 1. The van der Waals surface area contributed by atoms with Crippen molar-refractivity contribution in [3.8, 4) is 0 Å². The van der Waals surface area contributed by atoms with Gasteiger partial charge in [0.05, 0.1) is 0 Å². The smallest absolute Gasteiger partial charge is 0.0402 e. The first kappa shape index (κ1) is 8.60. The van der Waals surface area contributed by atoms with Crippen LogP contribution in [0.3, 0.4) is 0 Å². The largest absolute Gasteiger partial charge is 0.377 e. The van der Waals surface area contributed by atoms with Gasteiger partial charge in [-0.15, -0.1) is 0 Å². The van der Waals surface area contributed by atoms with Crippen LogP contribution < -0.4 is 4.90 Å². The van der Waals surface area contributed by atoms with Crippen LogP contribution in [0, 0.1) is 0 Å². The minimum absolute atomic E-state index is 0.918. The van der Waals surface area contributed by atoms with Gasteiger partial charge in [0, 0.05) is 25.1 Å². The summed E-state index contributed by atoms with van der Waals surface area (Å²) in [6.07, 6.45) is 0. The molecule has 0 amide bonds. The molecule has 1 rings (SSSR count). The fourth-order valence-corrected chi connectivity index (χ4v) is 1.53. The van der Waals surface area contributed by atoms with E-state index in [1.54, 1.807) is 0 Å². The third kappa shape index (κ3) is 1.96. The first-order chi connectivity index (χ1) is 5.25. The molecule has 0 atom stereocenters. The van der Waals surface area contributed by atoms with Crippen molar-refractivity contribution >= 4 is 21.6 Å². The third-order valence-corrected chi connectivity index (χ3v) is 2.22. The summed E-state index contributed by atoms with van der Waals surface area (Å²) in [7, 11) is 4.11. The Hall–Kier alpha value is -0.500. The molecule has 0 saturated heterocycles. The molecule has 1 aromatic rings. The molecule has 0 spiro atoms. The molecule has 0 fully saturated rings. The molecule has 11 heavy (non-hydrogen) atoms. The van der Waals surface area contributed by atoms with Crippen LogP contribution in [-0.4, -0.2) is 14.1 Å². The Morgan fingerprint density at radius 3 is 2.36 bits per heavy atom. The molecule has 60 valence electrons. The Kier molecular flexibility index (Phi) is 2.94. The summed E-state index contributed by atoms with van der Waals surface area (Å²) < 4.78 is 0. The molecule has 0 aliphatic heterocycles. The highest BCUT2D eigenvalue weighted by molar-refractivity contribution is 9.08. The van der Waals surface area contributed by atoms with E-state index in [2.05, 4.69) is 59.2 Å². The van der Waals surface area contributed by atoms with E-state index in [1.165, 1.54) is 11.3 Å². The average molecular weight is 214 g/mol. The predicted molar refractivity (Wildman–Crippen MR) is 53.4 cm³/mol. The van der Waals surface area contributed by atoms with Crippen LogP contribution in [0.2, 0.25) is 0 Å². The molecule has 0 N–H and O–H groups in total. The Morgan fingerprint density at radius 2 is 1.91 bits per heavy atom. The fourth-order valence-electron chi connectivity index (χ4n) is 1.06. The maximum atomic E-state index is 3.45. The molecule has 0 heterocycles. The molecule has 0 saturated carbocycles. The first-order valence-corrected chi connectivity index (χ1v) is 4.69. The van der Waals surface area contributed by atoms with E-state index >= 15 is 0 Å². The maximum Gasteiger partial charge on any atom is 0.0402 e. The van der Waals surface area contributed by atoms with Gasteiger partial charge in [0.2, 0.25) is 0 Å². The van der Waals surface area contributed by atoms with Crippen molar-refractivity contribution in [2.24, 2.45) is 0 Å². The van der Waals surface area contributed by atoms with E-state index < -0.39 is 0 Å². The molecular formula is C9H12BrN. The van der Waals surface area contributed by atoms with Crippen molar-refractivity contribution in [1.29, 1.82) is 0 Å². The second-order valence-electron chi connectivity index (χ2n) is 2.66. The predicted octanol–water partition coefficient (Wildman–Crippen LogP) is 2.65. The summed E-state index contributed by atoms with van der Waals surface area (Å²) in [5.74, 6) is 0. The molecule has 2 heteroatoms. The molecule has 0 aromatic heterocycles. The Bertz CT molecular complexity index is 233. The zero-order valence-electron chi connectivity index (χ0n) is 6.84. The van der Waals surface area contributed by atoms with Gasteiger partial charge in [-0.2, -0.15) is 0 Å². The monoisotopic (exact) mass is 213 g/mol. The van der Waals surface area contributed by atoms with E-state index in [-0.39, 0.29) is 0 Å². The number of nitrogens with zero attached hydrogens (tertiary/aromatic N) is 1. The van der Waals surface area contributed by atoms with Gasteiger partial charge in [-0.3, -0.25) is 0 Å². The molecule has 0 bridgehead atoms. The highest BCUT2D eigenvalue weighted by Crippen LogP contribution is 2.19. The summed E-state index contributed by atoms with van der Waals surface area (Å²) in [6, 6.07) is 8.37. The summed E-state index contributed by atoms with van der Waals surface area (Å²) in [5.41, 5.74) is 2.61. The zero-order valence-corrected chi connectivity index (χ0v) is 8.43. The van der Waals surface area contributed by atoms with E-state index in [9.17, 15) is 0 Å². The van der Waals surface area contributed by atoms with Crippen molar-refractivity contribution in [2.45, 2.75) is 5.33 Å². The van der Waals surface area contributed by atoms with E-state index in [1.807, 2.05) is 0 Å². The normalized spacial score (nSPS) is 9.73. The van der Waals surface area contributed by atoms with E-state index in [0.29, 0.717) is 0 Å². The van der Waals surface area contributed by atoms with Crippen LogP contribution in [0.5, 0.6) is 0 Å². The number of anilines is 1. The zero-order chi connectivity index (χ0) is 8.27. The minimum Gasteiger partial charge on any atom is -0.377 e. The van der Waals surface area contributed by atoms with Gasteiger partial charge in [-0.05, 0) is 11.6 Å². The standard InChI is InChI=1S/C9H12BrN/c1-11(2)9-6-4-3-5-8(9)7-10/h3-6H,7H2,1-2H3. The van der Waals surface area contributed by atoms with Crippen molar-refractivity contribution in [3.05, 3.63) is 29.8 Å². The van der Waals surface area contributed by atoms with Gasteiger partial charge in [-0.25, -0.2) is 0 Å². The molecule has 0 unspecified atom stereocenters. The van der Waals surface area contributed by atoms with Crippen molar-refractivity contribution in [2.75, 3.05) is 19.0 Å². The Morgan fingerprint density at radius 1 is 1.27 bits per heavy atom. The summed E-state index contributed by atoms with van der Waals surface area (Å²) in [5, 5.41) is 0.918. The fraction of sp³-hybridized carbons (Fsp3) is 0.333. The van der Waals surface area contributed by atoms with Gasteiger partial charge in [0.1, 0.15) is 0 Å². The van der Waals surface area contributed by atoms with Crippen LogP contribution >= 0.6 is 15.9 Å². The second kappa shape index (κ2) is 3.77. The topological polar surface area (TPSA) is 3.24 Å². The van der Waals surface area contributed by atoms with Gasteiger partial charge in [0.25, 0.3) is 0 Å². The lowest BCUT2D eigenvalue weighted by molar-refractivity contribution is 1.11. The lowest BCUT2D eigenvalue weighted by Gasteiger charge is -2.15. The van der Waals surface area contributed by atoms with Crippen molar-refractivity contribution in [1.82, 2.24) is 0 Å². The van der Waals surface area contributed by atoms with Gasteiger partial charge in [0.15, 0.2) is 0 Å². The molecule has 0 aliphatic rings. The minimum atomic E-state index is 0.918. The van der Waals surface area contributed by atoms with Crippen LogP contribution in [0.15, 0.2) is 24.3 Å².